The molecule has 1 fully saturated rings. The van der Waals surface area contributed by atoms with E-state index in [4.69, 9.17) is 4.74 Å². The Kier molecular flexibility index (Phi) is 8.23. The van der Waals surface area contributed by atoms with Crippen LogP contribution < -0.4 is 5.32 Å². The van der Waals surface area contributed by atoms with Gasteiger partial charge in [0.15, 0.2) is 4.34 Å². The number of amides is 2. The van der Waals surface area contributed by atoms with E-state index in [0.29, 0.717) is 22.6 Å². The molecule has 1 N–H and O–H groups in total. The first-order valence-corrected chi connectivity index (χ1v) is 13.0. The minimum Gasteiger partial charge on any atom is -0.450 e. The fourth-order valence-corrected chi connectivity index (χ4v) is 6.04. The molecule has 2 aromatic rings. The van der Waals surface area contributed by atoms with E-state index < -0.39 is 16.1 Å². The number of rotatable bonds is 8. The van der Waals surface area contributed by atoms with Crippen LogP contribution in [0.1, 0.15) is 12.5 Å². The highest BCUT2D eigenvalue weighted by molar-refractivity contribution is 8.01. The van der Waals surface area contributed by atoms with E-state index in [0.717, 1.165) is 16.9 Å². The summed E-state index contributed by atoms with van der Waals surface area (Å²) >= 11 is 2.37. The average Bonchev–Trinajstić information content (AvgIpc) is 3.20. The zero-order valence-electron chi connectivity index (χ0n) is 16.9. The van der Waals surface area contributed by atoms with Crippen LogP contribution >= 0.6 is 23.1 Å². The molecule has 0 bridgehead atoms. The first kappa shape index (κ1) is 23.4. The maximum atomic E-state index is 12.6. The number of ether oxygens (including phenoxy) is 1. The molecule has 13 heteroatoms. The van der Waals surface area contributed by atoms with Crippen molar-refractivity contribution in [2.75, 3.05) is 43.9 Å². The molecule has 2 heterocycles. The molecule has 0 spiro atoms. The molecule has 1 aliphatic heterocycles. The Bertz CT molecular complexity index is 991. The fourth-order valence-electron chi connectivity index (χ4n) is 2.88. The van der Waals surface area contributed by atoms with Crippen LogP contribution in [0.2, 0.25) is 0 Å². The van der Waals surface area contributed by atoms with Gasteiger partial charge in [0.1, 0.15) is 0 Å². The van der Waals surface area contributed by atoms with Crippen molar-refractivity contribution in [3.05, 3.63) is 35.9 Å². The minimum atomic E-state index is -3.42. The summed E-state index contributed by atoms with van der Waals surface area (Å²) in [4.78, 5) is 25.5. The van der Waals surface area contributed by atoms with Crippen molar-refractivity contribution in [1.82, 2.24) is 19.4 Å². The van der Waals surface area contributed by atoms with E-state index in [1.165, 1.54) is 16.1 Å². The number of hydrogen-bond acceptors (Lipinski definition) is 9. The number of piperazine rings is 1. The lowest BCUT2D eigenvalue weighted by molar-refractivity contribution is -0.129. The topological polar surface area (TPSA) is 122 Å². The van der Waals surface area contributed by atoms with Gasteiger partial charge >= 0.3 is 6.09 Å². The van der Waals surface area contributed by atoms with Gasteiger partial charge in [-0.05, 0) is 12.5 Å². The Morgan fingerprint density at radius 1 is 1.16 bits per heavy atom. The number of anilines is 1. The molecule has 10 nitrogen and oxygen atoms in total. The maximum Gasteiger partial charge on any atom is 0.413 e. The number of carbonyl (C=O) groups is 2. The largest absolute Gasteiger partial charge is 0.450 e. The van der Waals surface area contributed by atoms with E-state index in [2.05, 4.69) is 15.5 Å². The number of nitrogens with one attached hydrogen (secondary N) is 1. The summed E-state index contributed by atoms with van der Waals surface area (Å²) in [7, 11) is -3.42. The Hall–Kier alpha value is -2.22. The highest BCUT2D eigenvalue weighted by atomic mass is 32.2. The van der Waals surface area contributed by atoms with Crippen LogP contribution in [-0.4, -0.2) is 78.4 Å². The maximum absolute atomic E-state index is 12.6. The number of carbonyl (C=O) groups excluding carboxylic acids is 2. The molecule has 0 unspecified atom stereocenters. The number of hydrogen-bond donors (Lipinski definition) is 1. The molecular weight excluding hydrogens is 462 g/mol. The van der Waals surface area contributed by atoms with Gasteiger partial charge in [-0.1, -0.05) is 53.4 Å². The Labute approximate surface area is 189 Å². The molecule has 1 aromatic carbocycles. The van der Waals surface area contributed by atoms with Crippen molar-refractivity contribution in [2.45, 2.75) is 17.0 Å². The van der Waals surface area contributed by atoms with Crippen LogP contribution in [0.4, 0.5) is 9.93 Å². The molecule has 168 valence electrons. The lowest BCUT2D eigenvalue weighted by atomic mass is 10.2. The molecule has 2 amide bonds. The van der Waals surface area contributed by atoms with E-state index >= 15 is 0 Å². The fraction of sp³-hybridized carbons (Fsp3) is 0.444. The Balaban J connectivity index is 1.44. The molecule has 0 radical (unpaired) electrons. The van der Waals surface area contributed by atoms with Gasteiger partial charge in [0.05, 0.1) is 18.1 Å². The number of nitrogens with zero attached hydrogens (tertiary/aromatic N) is 4. The van der Waals surface area contributed by atoms with Gasteiger partial charge in [0, 0.05) is 26.2 Å². The summed E-state index contributed by atoms with van der Waals surface area (Å²) in [6.45, 7) is 3.20. The molecule has 1 saturated heterocycles. The second-order valence-electron chi connectivity index (χ2n) is 6.53. The molecule has 3 rings (SSSR count). The quantitative estimate of drug-likeness (QED) is 0.444. The minimum absolute atomic E-state index is 0.0448. The standard InChI is InChI=1S/C18H23N5O5S3/c1-2-28-17(25)19-16-20-21-18(30-16)29-12-15(24)22-8-10-23(11-9-22)31(26,27)13-14-6-4-3-5-7-14/h3-7H,2,8-13H2,1H3,(H,19,20,25). The lowest BCUT2D eigenvalue weighted by Crippen LogP contribution is -2.51. The van der Waals surface area contributed by atoms with Crippen molar-refractivity contribution in [3.63, 3.8) is 0 Å². The van der Waals surface area contributed by atoms with Crippen molar-refractivity contribution < 1.29 is 22.7 Å². The highest BCUT2D eigenvalue weighted by Crippen LogP contribution is 2.26. The Morgan fingerprint density at radius 3 is 2.55 bits per heavy atom. The number of aromatic nitrogens is 2. The van der Waals surface area contributed by atoms with Crippen molar-refractivity contribution in [2.24, 2.45) is 0 Å². The zero-order valence-corrected chi connectivity index (χ0v) is 19.3. The first-order valence-electron chi connectivity index (χ1n) is 9.57. The van der Waals surface area contributed by atoms with Crippen molar-refractivity contribution in [3.8, 4) is 0 Å². The highest BCUT2D eigenvalue weighted by Gasteiger charge is 2.29. The predicted octanol–water partition coefficient (Wildman–Crippen LogP) is 1.87. The predicted molar refractivity (Wildman–Crippen MR) is 118 cm³/mol. The molecule has 0 atom stereocenters. The molecule has 31 heavy (non-hydrogen) atoms. The zero-order chi connectivity index (χ0) is 22.3. The van der Waals surface area contributed by atoms with Gasteiger partial charge in [-0.25, -0.2) is 13.2 Å². The molecular formula is C18H23N5O5S3. The Morgan fingerprint density at radius 2 is 1.87 bits per heavy atom. The summed E-state index contributed by atoms with van der Waals surface area (Å²) in [5.74, 6) is 0.0157. The first-order chi connectivity index (χ1) is 14.9. The van der Waals surface area contributed by atoms with Gasteiger partial charge < -0.3 is 9.64 Å². The van der Waals surface area contributed by atoms with Crippen LogP contribution in [0.5, 0.6) is 0 Å². The summed E-state index contributed by atoms with van der Waals surface area (Å²) in [5.41, 5.74) is 0.742. The SMILES string of the molecule is CCOC(=O)Nc1nnc(SCC(=O)N2CCN(S(=O)(=O)Cc3ccccc3)CC2)s1. The summed E-state index contributed by atoms with van der Waals surface area (Å²) in [6, 6.07) is 9.04. The van der Waals surface area contributed by atoms with Crippen LogP contribution in [0.25, 0.3) is 0 Å². The number of benzene rings is 1. The third-order valence-electron chi connectivity index (χ3n) is 4.39. The monoisotopic (exact) mass is 485 g/mol. The van der Waals surface area contributed by atoms with Gasteiger partial charge in [0.2, 0.25) is 21.1 Å². The van der Waals surface area contributed by atoms with Crippen LogP contribution in [-0.2, 0) is 25.3 Å². The molecule has 0 saturated carbocycles. The van der Waals surface area contributed by atoms with Crippen molar-refractivity contribution in [1.29, 1.82) is 0 Å². The van der Waals surface area contributed by atoms with Gasteiger partial charge in [0.25, 0.3) is 0 Å². The van der Waals surface area contributed by atoms with Crippen LogP contribution in [0.15, 0.2) is 34.7 Å². The smallest absolute Gasteiger partial charge is 0.413 e. The van der Waals surface area contributed by atoms with Crippen molar-refractivity contribution >= 4 is 50.3 Å². The normalized spacial score (nSPS) is 14.9. The van der Waals surface area contributed by atoms with Gasteiger partial charge in [-0.15, -0.1) is 10.2 Å². The second kappa shape index (κ2) is 10.9. The third-order valence-corrected chi connectivity index (χ3v) is 8.19. The molecule has 1 aliphatic rings. The average molecular weight is 486 g/mol. The third kappa shape index (κ3) is 6.89. The summed E-state index contributed by atoms with van der Waals surface area (Å²) in [5, 5.41) is 10.5. The van der Waals surface area contributed by atoms with E-state index in [-0.39, 0.29) is 37.1 Å². The van der Waals surface area contributed by atoms with Gasteiger partial charge in [-0.2, -0.15) is 4.31 Å². The van der Waals surface area contributed by atoms with E-state index in [9.17, 15) is 18.0 Å². The molecule has 0 aliphatic carbocycles. The lowest BCUT2D eigenvalue weighted by Gasteiger charge is -2.34. The van der Waals surface area contributed by atoms with E-state index in [1.807, 2.05) is 18.2 Å². The van der Waals surface area contributed by atoms with Crippen LogP contribution in [0, 0.1) is 0 Å². The molecule has 1 aromatic heterocycles. The summed E-state index contributed by atoms with van der Waals surface area (Å²) in [6.07, 6.45) is -0.605. The second-order valence-corrected chi connectivity index (χ2v) is 10.7. The summed E-state index contributed by atoms with van der Waals surface area (Å²) < 4.78 is 32.0. The van der Waals surface area contributed by atoms with Gasteiger partial charge in [-0.3, -0.25) is 10.1 Å². The number of thioether (sulfide) groups is 1. The van der Waals surface area contributed by atoms with Crippen LogP contribution in [0.3, 0.4) is 0 Å². The number of sulfonamides is 1. The van der Waals surface area contributed by atoms with E-state index in [1.54, 1.807) is 24.0 Å².